The quantitative estimate of drug-likeness (QED) is 0.294. The Morgan fingerprint density at radius 2 is 2.00 bits per heavy atom. The first-order chi connectivity index (χ1) is 10.8. The fourth-order valence-electron chi connectivity index (χ4n) is 1.89. The molecule has 0 saturated carbocycles. The van der Waals surface area contributed by atoms with Crippen molar-refractivity contribution in [1.82, 2.24) is 10.6 Å². The molecule has 1 rings (SSSR count). The zero-order chi connectivity index (χ0) is 17.5. The number of benzene rings is 1. The Kier molecular flexibility index (Phi) is 9.79. The van der Waals surface area contributed by atoms with Crippen molar-refractivity contribution in [2.24, 2.45) is 4.99 Å². The topological polar surface area (TPSA) is 45.7 Å². The number of hydrogen-bond acceptors (Lipinski definition) is 2. The van der Waals surface area contributed by atoms with E-state index in [1.165, 1.54) is 12.1 Å². The molecule has 24 heavy (non-hydrogen) atoms. The lowest BCUT2D eigenvalue weighted by molar-refractivity contribution is -0.138. The summed E-state index contributed by atoms with van der Waals surface area (Å²) in [7, 11) is 1.54. The Hall–Kier alpha value is -1.45. The SMILES string of the molecule is C=CCNC(=NC)NCc1ccc(OC(C)C)cc1C(F)(F)F.I. The number of nitrogens with one attached hydrogen (secondary N) is 2. The lowest BCUT2D eigenvalue weighted by Gasteiger charge is -2.17. The fourth-order valence-corrected chi connectivity index (χ4v) is 1.89. The number of halogens is 4. The number of rotatable bonds is 6. The van der Waals surface area contributed by atoms with E-state index in [0.29, 0.717) is 12.5 Å². The van der Waals surface area contributed by atoms with Gasteiger partial charge in [0.2, 0.25) is 0 Å². The van der Waals surface area contributed by atoms with Crippen LogP contribution in [-0.4, -0.2) is 25.7 Å². The number of ether oxygens (including phenoxy) is 1. The van der Waals surface area contributed by atoms with Crippen LogP contribution >= 0.6 is 24.0 Å². The maximum Gasteiger partial charge on any atom is 0.416 e. The van der Waals surface area contributed by atoms with Gasteiger partial charge in [0.25, 0.3) is 0 Å². The predicted octanol–water partition coefficient (Wildman–Crippen LogP) is 3.96. The molecule has 0 aromatic heterocycles. The lowest BCUT2D eigenvalue weighted by atomic mass is 10.1. The van der Waals surface area contributed by atoms with Crippen molar-refractivity contribution in [3.05, 3.63) is 42.0 Å². The molecule has 8 heteroatoms. The highest BCUT2D eigenvalue weighted by atomic mass is 127. The Morgan fingerprint density at radius 3 is 2.50 bits per heavy atom. The van der Waals surface area contributed by atoms with Gasteiger partial charge in [0, 0.05) is 20.1 Å². The van der Waals surface area contributed by atoms with E-state index in [2.05, 4.69) is 22.2 Å². The summed E-state index contributed by atoms with van der Waals surface area (Å²) < 4.78 is 45.0. The molecule has 0 unspecified atom stereocenters. The van der Waals surface area contributed by atoms with Gasteiger partial charge in [-0.15, -0.1) is 30.6 Å². The van der Waals surface area contributed by atoms with Crippen LogP contribution in [0.3, 0.4) is 0 Å². The summed E-state index contributed by atoms with van der Waals surface area (Å²) >= 11 is 0. The molecule has 1 aromatic rings. The maximum atomic E-state index is 13.2. The van der Waals surface area contributed by atoms with Crippen LogP contribution in [0.15, 0.2) is 35.8 Å². The third kappa shape index (κ3) is 7.41. The maximum absolute atomic E-state index is 13.2. The van der Waals surface area contributed by atoms with Crippen molar-refractivity contribution >= 4 is 29.9 Å². The number of nitrogens with zero attached hydrogens (tertiary/aromatic N) is 1. The molecule has 0 aliphatic heterocycles. The van der Waals surface area contributed by atoms with E-state index in [1.54, 1.807) is 27.0 Å². The molecule has 136 valence electrons. The third-order valence-corrected chi connectivity index (χ3v) is 2.84. The molecule has 0 fully saturated rings. The van der Waals surface area contributed by atoms with Gasteiger partial charge in [-0.25, -0.2) is 0 Å². The average Bonchev–Trinajstić information content (AvgIpc) is 2.47. The van der Waals surface area contributed by atoms with Gasteiger partial charge in [-0.3, -0.25) is 4.99 Å². The molecule has 0 heterocycles. The monoisotopic (exact) mass is 457 g/mol. The summed E-state index contributed by atoms with van der Waals surface area (Å²) in [6, 6.07) is 3.97. The minimum atomic E-state index is -4.45. The summed E-state index contributed by atoms with van der Waals surface area (Å²) in [5, 5.41) is 5.74. The lowest BCUT2D eigenvalue weighted by Crippen LogP contribution is -2.37. The smallest absolute Gasteiger partial charge is 0.416 e. The van der Waals surface area contributed by atoms with Crippen LogP contribution in [0.2, 0.25) is 0 Å². The zero-order valence-electron chi connectivity index (χ0n) is 13.9. The molecule has 4 nitrogen and oxygen atoms in total. The van der Waals surface area contributed by atoms with Gasteiger partial charge in [0.05, 0.1) is 11.7 Å². The van der Waals surface area contributed by atoms with Crippen LogP contribution in [0.5, 0.6) is 5.75 Å². The van der Waals surface area contributed by atoms with Gasteiger partial charge < -0.3 is 15.4 Å². The minimum absolute atomic E-state index is 0. The molecule has 1 aromatic carbocycles. The number of alkyl halides is 3. The molecule has 0 aliphatic rings. The van der Waals surface area contributed by atoms with E-state index in [0.717, 1.165) is 6.07 Å². The molecule has 0 amide bonds. The van der Waals surface area contributed by atoms with Crippen LogP contribution in [-0.2, 0) is 12.7 Å². The summed E-state index contributed by atoms with van der Waals surface area (Å²) in [4.78, 5) is 3.93. The van der Waals surface area contributed by atoms with Crippen molar-refractivity contribution in [3.63, 3.8) is 0 Å². The summed E-state index contributed by atoms with van der Waals surface area (Å²) in [6.45, 7) is 7.54. The number of aliphatic imine (C=N–C) groups is 1. The van der Waals surface area contributed by atoms with Gasteiger partial charge >= 0.3 is 6.18 Å². The average molecular weight is 457 g/mol. The highest BCUT2D eigenvalue weighted by Crippen LogP contribution is 2.34. The predicted molar refractivity (Wildman–Crippen MR) is 101 cm³/mol. The first-order valence-electron chi connectivity index (χ1n) is 7.20. The van der Waals surface area contributed by atoms with Gasteiger partial charge in [-0.05, 0) is 31.5 Å². The summed E-state index contributed by atoms with van der Waals surface area (Å²) in [5.41, 5.74) is -0.600. The number of hydrogen-bond donors (Lipinski definition) is 2. The van der Waals surface area contributed by atoms with E-state index in [4.69, 9.17) is 4.74 Å². The third-order valence-electron chi connectivity index (χ3n) is 2.84. The van der Waals surface area contributed by atoms with Crippen molar-refractivity contribution in [2.45, 2.75) is 32.7 Å². The van der Waals surface area contributed by atoms with Gasteiger partial charge in [0.1, 0.15) is 5.75 Å². The van der Waals surface area contributed by atoms with Crippen LogP contribution in [0, 0.1) is 0 Å². The van der Waals surface area contributed by atoms with Crippen LogP contribution in [0.4, 0.5) is 13.2 Å². The molecule has 0 spiro atoms. The molecule has 0 radical (unpaired) electrons. The molecule has 0 saturated heterocycles. The van der Waals surface area contributed by atoms with Gasteiger partial charge in [0.15, 0.2) is 5.96 Å². The molecule has 2 N–H and O–H groups in total. The Labute approximate surface area is 157 Å². The summed E-state index contributed by atoms with van der Waals surface area (Å²) in [6.07, 6.45) is -3.01. The standard InChI is InChI=1S/C16H22F3N3O.HI/c1-5-8-21-15(20-4)22-10-12-6-7-13(23-11(2)3)9-14(12)16(17,18)19;/h5-7,9,11H,1,8,10H2,2-4H3,(H2,20,21,22);1H. The largest absolute Gasteiger partial charge is 0.491 e. The van der Waals surface area contributed by atoms with Crippen molar-refractivity contribution in [1.29, 1.82) is 0 Å². The Bertz CT molecular complexity index is 560. The fraction of sp³-hybridized carbons (Fsp3) is 0.438. The van der Waals surface area contributed by atoms with E-state index >= 15 is 0 Å². The molecular formula is C16H23F3IN3O. The Balaban J connectivity index is 0.00000529. The molecular weight excluding hydrogens is 434 g/mol. The first kappa shape index (κ1) is 22.6. The zero-order valence-corrected chi connectivity index (χ0v) is 16.2. The first-order valence-corrected chi connectivity index (χ1v) is 7.20. The second-order valence-electron chi connectivity index (χ2n) is 5.08. The van der Waals surface area contributed by atoms with E-state index in [9.17, 15) is 13.2 Å². The number of guanidine groups is 1. The van der Waals surface area contributed by atoms with Crippen LogP contribution < -0.4 is 15.4 Å². The van der Waals surface area contributed by atoms with Gasteiger partial charge in [-0.1, -0.05) is 12.1 Å². The van der Waals surface area contributed by atoms with Crippen LogP contribution in [0.25, 0.3) is 0 Å². The molecule has 0 aliphatic carbocycles. The second-order valence-corrected chi connectivity index (χ2v) is 5.08. The van der Waals surface area contributed by atoms with E-state index in [1.807, 2.05) is 0 Å². The normalized spacial score (nSPS) is 11.7. The summed E-state index contributed by atoms with van der Waals surface area (Å²) in [5.74, 6) is 0.603. The van der Waals surface area contributed by atoms with E-state index < -0.39 is 11.7 Å². The van der Waals surface area contributed by atoms with Crippen molar-refractivity contribution in [2.75, 3.05) is 13.6 Å². The molecule has 0 bridgehead atoms. The van der Waals surface area contributed by atoms with Crippen LogP contribution in [0.1, 0.15) is 25.0 Å². The van der Waals surface area contributed by atoms with Crippen molar-refractivity contribution in [3.8, 4) is 5.75 Å². The Morgan fingerprint density at radius 1 is 1.33 bits per heavy atom. The second kappa shape index (κ2) is 10.4. The minimum Gasteiger partial charge on any atom is -0.491 e. The highest BCUT2D eigenvalue weighted by Gasteiger charge is 2.33. The highest BCUT2D eigenvalue weighted by molar-refractivity contribution is 14.0. The molecule has 0 atom stereocenters. The van der Waals surface area contributed by atoms with E-state index in [-0.39, 0.29) is 47.9 Å². The van der Waals surface area contributed by atoms with Gasteiger partial charge in [-0.2, -0.15) is 13.2 Å². The van der Waals surface area contributed by atoms with Crippen molar-refractivity contribution < 1.29 is 17.9 Å².